The van der Waals surface area contributed by atoms with Gasteiger partial charge in [-0.1, -0.05) is 136 Å². The largest absolute Gasteiger partial charge is 0.423 e. The molecule has 0 radical (unpaired) electrons. The van der Waals surface area contributed by atoms with Crippen LogP contribution in [0.3, 0.4) is 0 Å². The molecule has 8 aromatic carbocycles. The normalized spacial score (nSPS) is 14.4. The molecule has 0 aromatic heterocycles. The van der Waals surface area contributed by atoms with Crippen molar-refractivity contribution in [2.75, 3.05) is 0 Å². The summed E-state index contributed by atoms with van der Waals surface area (Å²) in [4.78, 5) is 53.2. The summed E-state index contributed by atoms with van der Waals surface area (Å²) in [6, 6.07) is 51.0. The van der Waals surface area contributed by atoms with Gasteiger partial charge in [0.05, 0.1) is 16.7 Å². The first-order valence-electron chi connectivity index (χ1n) is 24.1. The first kappa shape index (κ1) is 47.0. The molecule has 0 N–H and O–H groups in total. The predicted molar refractivity (Wildman–Crippen MR) is 276 cm³/mol. The van der Waals surface area contributed by atoms with Crippen molar-refractivity contribution in [1.29, 1.82) is 0 Å². The fourth-order valence-electron chi connectivity index (χ4n) is 9.40. The molecule has 0 heterocycles. The van der Waals surface area contributed by atoms with Crippen LogP contribution in [0.2, 0.25) is 0 Å². The van der Waals surface area contributed by atoms with E-state index in [-0.39, 0.29) is 17.1 Å². The maximum absolute atomic E-state index is 14.0. The van der Waals surface area contributed by atoms with Gasteiger partial charge in [0, 0.05) is 16.7 Å². The second kappa shape index (κ2) is 21.5. The fourth-order valence-corrected chi connectivity index (χ4v) is 9.40. The zero-order chi connectivity index (χ0) is 48.6. The fraction of sp³-hybridized carbons (Fsp3) is 0.194. The lowest BCUT2D eigenvalue weighted by Gasteiger charge is -2.29. The summed E-state index contributed by atoms with van der Waals surface area (Å²) < 4.78 is 23.6. The van der Waals surface area contributed by atoms with Crippen LogP contribution in [0.15, 0.2) is 182 Å². The zero-order valence-corrected chi connectivity index (χ0v) is 39.5. The molecule has 9 rings (SSSR count). The van der Waals surface area contributed by atoms with E-state index in [0.29, 0.717) is 45.2 Å². The minimum Gasteiger partial charge on any atom is -0.423 e. The number of hydrogen-bond acceptors (Lipinski definition) is 8. The van der Waals surface area contributed by atoms with Crippen molar-refractivity contribution < 1.29 is 38.1 Å². The van der Waals surface area contributed by atoms with E-state index in [2.05, 4.69) is 25.6 Å². The maximum Gasteiger partial charge on any atom is 0.343 e. The Morgan fingerprint density at radius 1 is 0.486 bits per heavy atom. The van der Waals surface area contributed by atoms with E-state index in [0.717, 1.165) is 38.6 Å². The average molecular weight is 927 g/mol. The van der Waals surface area contributed by atoms with Crippen molar-refractivity contribution in [3.8, 4) is 45.3 Å². The SMILES string of the molecule is C=C(C)C(=O)Oc1ccc(-c2ccc(C(=O)Oc3ccc4ccccc4c3-c3c(OC(=O)c4ccc(OC(=O)c5ccc(C6CCC(CCCCC)CC6)cc5)cc4)ccc4ccccc34)cc2)cc1. The Balaban J connectivity index is 0.919. The summed E-state index contributed by atoms with van der Waals surface area (Å²) in [6.07, 6.45) is 10.2. The highest BCUT2D eigenvalue weighted by atomic mass is 16.5. The minimum atomic E-state index is -0.624. The molecule has 350 valence electrons. The summed E-state index contributed by atoms with van der Waals surface area (Å²) in [6.45, 7) is 7.47. The summed E-state index contributed by atoms with van der Waals surface area (Å²) in [5.41, 5.74) is 5.48. The molecule has 1 aliphatic rings. The van der Waals surface area contributed by atoms with E-state index < -0.39 is 23.9 Å². The predicted octanol–water partition coefficient (Wildman–Crippen LogP) is 15.3. The minimum absolute atomic E-state index is 0.249. The molecular weight excluding hydrogens is 873 g/mol. The van der Waals surface area contributed by atoms with Crippen LogP contribution < -0.4 is 18.9 Å². The van der Waals surface area contributed by atoms with Crippen LogP contribution in [-0.4, -0.2) is 23.9 Å². The van der Waals surface area contributed by atoms with Crippen molar-refractivity contribution >= 4 is 45.4 Å². The second-order valence-electron chi connectivity index (χ2n) is 18.1. The number of esters is 4. The number of unbranched alkanes of at least 4 members (excludes halogenated alkanes) is 2. The van der Waals surface area contributed by atoms with E-state index in [1.807, 2.05) is 97.1 Å². The monoisotopic (exact) mass is 926 g/mol. The first-order valence-corrected chi connectivity index (χ1v) is 24.1. The van der Waals surface area contributed by atoms with Crippen LogP contribution in [0.5, 0.6) is 23.0 Å². The van der Waals surface area contributed by atoms with Gasteiger partial charge in [-0.2, -0.15) is 0 Å². The number of carbonyl (C=O) groups excluding carboxylic acids is 4. The number of fused-ring (bicyclic) bond motifs is 2. The average Bonchev–Trinajstić information content (AvgIpc) is 3.39. The van der Waals surface area contributed by atoms with E-state index in [1.165, 1.54) is 56.9 Å². The van der Waals surface area contributed by atoms with Gasteiger partial charge in [0.1, 0.15) is 23.0 Å². The zero-order valence-electron chi connectivity index (χ0n) is 39.5. The van der Waals surface area contributed by atoms with Crippen molar-refractivity contribution in [2.24, 2.45) is 5.92 Å². The van der Waals surface area contributed by atoms with E-state index in [4.69, 9.17) is 18.9 Å². The quantitative estimate of drug-likeness (QED) is 0.0433. The highest BCUT2D eigenvalue weighted by Crippen LogP contribution is 2.46. The van der Waals surface area contributed by atoms with Crippen LogP contribution in [0.25, 0.3) is 43.8 Å². The van der Waals surface area contributed by atoms with Gasteiger partial charge in [0.15, 0.2) is 0 Å². The van der Waals surface area contributed by atoms with Crippen LogP contribution in [0.1, 0.15) is 108 Å². The number of benzene rings is 8. The summed E-state index contributed by atoms with van der Waals surface area (Å²) in [7, 11) is 0. The van der Waals surface area contributed by atoms with Gasteiger partial charge < -0.3 is 18.9 Å². The highest BCUT2D eigenvalue weighted by Gasteiger charge is 2.25. The smallest absolute Gasteiger partial charge is 0.343 e. The molecule has 0 bridgehead atoms. The van der Waals surface area contributed by atoms with Crippen molar-refractivity contribution in [2.45, 2.75) is 71.1 Å². The molecular formula is C62H54O8. The summed E-state index contributed by atoms with van der Waals surface area (Å²) in [5, 5.41) is 3.35. The summed E-state index contributed by atoms with van der Waals surface area (Å²) >= 11 is 0. The molecule has 1 fully saturated rings. The first-order chi connectivity index (χ1) is 34.1. The molecule has 0 amide bonds. The molecule has 8 heteroatoms. The molecule has 70 heavy (non-hydrogen) atoms. The van der Waals surface area contributed by atoms with E-state index in [1.54, 1.807) is 67.6 Å². The lowest BCUT2D eigenvalue weighted by Crippen LogP contribution is -2.14. The van der Waals surface area contributed by atoms with Gasteiger partial charge in [0.2, 0.25) is 0 Å². The third-order valence-electron chi connectivity index (χ3n) is 13.3. The van der Waals surface area contributed by atoms with Crippen LogP contribution in [0.4, 0.5) is 0 Å². The van der Waals surface area contributed by atoms with E-state index >= 15 is 0 Å². The third-order valence-corrected chi connectivity index (χ3v) is 13.3. The Bertz CT molecular complexity index is 3200. The van der Waals surface area contributed by atoms with E-state index in [9.17, 15) is 19.2 Å². The number of ether oxygens (including phenoxy) is 4. The molecule has 0 spiro atoms. The van der Waals surface area contributed by atoms with Crippen molar-refractivity contribution in [1.82, 2.24) is 0 Å². The topological polar surface area (TPSA) is 105 Å². The van der Waals surface area contributed by atoms with Crippen LogP contribution >= 0.6 is 0 Å². The molecule has 0 unspecified atom stereocenters. The molecule has 1 aliphatic carbocycles. The maximum atomic E-state index is 14.0. The Hall–Kier alpha value is -8.10. The number of hydrogen-bond donors (Lipinski definition) is 0. The van der Waals surface area contributed by atoms with Gasteiger partial charge in [-0.15, -0.1) is 0 Å². The molecule has 0 atom stereocenters. The molecule has 0 aliphatic heterocycles. The Kier molecular flexibility index (Phi) is 14.4. The van der Waals surface area contributed by atoms with Gasteiger partial charge >= 0.3 is 23.9 Å². The highest BCUT2D eigenvalue weighted by molar-refractivity contribution is 6.11. The Morgan fingerprint density at radius 2 is 0.929 bits per heavy atom. The van der Waals surface area contributed by atoms with Crippen molar-refractivity contribution in [3.63, 3.8) is 0 Å². The Labute approximate surface area is 408 Å². The van der Waals surface area contributed by atoms with Crippen LogP contribution in [-0.2, 0) is 4.79 Å². The number of rotatable bonds is 15. The van der Waals surface area contributed by atoms with Crippen molar-refractivity contribution in [3.05, 3.63) is 204 Å². The van der Waals surface area contributed by atoms with Crippen LogP contribution in [0, 0.1) is 5.92 Å². The van der Waals surface area contributed by atoms with Gasteiger partial charge in [-0.25, -0.2) is 19.2 Å². The lowest BCUT2D eigenvalue weighted by molar-refractivity contribution is -0.130. The molecule has 8 nitrogen and oxygen atoms in total. The Morgan fingerprint density at radius 3 is 1.44 bits per heavy atom. The number of carbonyl (C=O) groups is 4. The van der Waals surface area contributed by atoms with Gasteiger partial charge in [-0.05, 0) is 155 Å². The standard InChI is InChI=1S/C62H54O8/c1-4-5-6-11-41-16-18-42(19-17-41)43-20-24-48(25-21-43)60(64)68-52-36-30-50(31-37-52)62(66)70-56-39-33-47-13-8-10-15-54(47)58(56)57-53-14-9-7-12-46(53)32-38-55(57)69-61(65)49-26-22-44(23-27-49)45-28-34-51(35-29-45)67-59(63)40(2)3/h7-10,12-15,20-39,41-42H,2,4-6,11,16-19H2,1,3H3. The molecule has 0 saturated heterocycles. The second-order valence-corrected chi connectivity index (χ2v) is 18.1. The summed E-state index contributed by atoms with van der Waals surface area (Å²) in [5.74, 6) is 0.431. The third kappa shape index (κ3) is 10.8. The lowest BCUT2D eigenvalue weighted by atomic mass is 9.77. The molecule has 8 aromatic rings. The molecule has 1 saturated carbocycles. The van der Waals surface area contributed by atoms with Gasteiger partial charge in [-0.3, -0.25) is 0 Å². The van der Waals surface area contributed by atoms with Gasteiger partial charge in [0.25, 0.3) is 0 Å².